The largest absolute Gasteiger partial charge is 0.448 e. The molecule has 1 aromatic heterocycles. The van der Waals surface area contributed by atoms with Crippen LogP contribution < -0.4 is 0 Å². The zero-order chi connectivity index (χ0) is 17.8. The Balaban J connectivity index is 1.56. The number of carbonyl (C=O) groups excluding carboxylic acids is 1. The van der Waals surface area contributed by atoms with Crippen molar-refractivity contribution in [1.82, 2.24) is 9.88 Å². The fourth-order valence-electron chi connectivity index (χ4n) is 2.81. The number of thioether (sulfide) groups is 1. The molecule has 1 aliphatic heterocycles. The van der Waals surface area contributed by atoms with E-state index >= 15 is 0 Å². The van der Waals surface area contributed by atoms with Crippen molar-refractivity contribution in [1.29, 1.82) is 0 Å². The molecule has 2 aromatic carbocycles. The van der Waals surface area contributed by atoms with Gasteiger partial charge in [0.1, 0.15) is 12.3 Å². The minimum absolute atomic E-state index is 0.243. The molecule has 0 radical (unpaired) electrons. The van der Waals surface area contributed by atoms with Gasteiger partial charge in [-0.3, -0.25) is 0 Å². The lowest BCUT2D eigenvalue weighted by atomic mass is 10.1. The van der Waals surface area contributed by atoms with Gasteiger partial charge < -0.3 is 14.1 Å². The smallest absolute Gasteiger partial charge is 0.409 e. The monoisotopic (exact) mass is 366 g/mol. The Kier molecular flexibility index (Phi) is 4.93. The fourth-order valence-corrected chi connectivity index (χ4v) is 3.60. The molecule has 26 heavy (non-hydrogen) atoms. The highest BCUT2D eigenvalue weighted by molar-refractivity contribution is 7.99. The Labute approximate surface area is 156 Å². The molecule has 0 atom stereocenters. The lowest BCUT2D eigenvalue weighted by Crippen LogP contribution is -2.26. The minimum atomic E-state index is -0.243. The highest BCUT2D eigenvalue weighted by atomic mass is 32.2. The van der Waals surface area contributed by atoms with Gasteiger partial charge in [0.2, 0.25) is 0 Å². The fraction of sp³-hybridized carbons (Fsp3) is 0.200. The molecule has 1 fully saturated rings. The van der Waals surface area contributed by atoms with Crippen LogP contribution in [-0.2, 0) is 4.74 Å². The zero-order valence-corrected chi connectivity index (χ0v) is 14.9. The van der Waals surface area contributed by atoms with Gasteiger partial charge in [0.15, 0.2) is 5.76 Å². The first-order valence-electron chi connectivity index (χ1n) is 8.47. The molecule has 3 aromatic rings. The molecule has 1 saturated heterocycles. The molecule has 0 saturated carbocycles. The number of hydrogen-bond acceptors (Lipinski definition) is 5. The number of hydrogen-bond donors (Lipinski definition) is 0. The van der Waals surface area contributed by atoms with Crippen LogP contribution in [0.4, 0.5) is 4.79 Å². The molecule has 5 nitrogen and oxygen atoms in total. The number of cyclic esters (lactones) is 1. The van der Waals surface area contributed by atoms with E-state index in [-0.39, 0.29) is 6.09 Å². The quantitative estimate of drug-likeness (QED) is 0.599. The first-order chi connectivity index (χ1) is 12.8. The molecular weight excluding hydrogens is 348 g/mol. The van der Waals surface area contributed by atoms with Crippen LogP contribution in [0.25, 0.3) is 22.6 Å². The van der Waals surface area contributed by atoms with Crippen molar-refractivity contribution >= 4 is 17.9 Å². The van der Waals surface area contributed by atoms with Crippen molar-refractivity contribution in [2.24, 2.45) is 0 Å². The summed E-state index contributed by atoms with van der Waals surface area (Å²) in [6.07, 6.45) is -0.243. The predicted octanol–water partition coefficient (Wildman–Crippen LogP) is 4.55. The summed E-state index contributed by atoms with van der Waals surface area (Å²) in [7, 11) is 0. The average Bonchev–Trinajstić information content (AvgIpc) is 3.30. The van der Waals surface area contributed by atoms with Crippen molar-refractivity contribution in [3.63, 3.8) is 0 Å². The van der Waals surface area contributed by atoms with Crippen LogP contribution in [0.15, 0.2) is 70.3 Å². The van der Waals surface area contributed by atoms with Crippen LogP contribution in [0.3, 0.4) is 0 Å². The third kappa shape index (κ3) is 3.60. The van der Waals surface area contributed by atoms with Gasteiger partial charge >= 0.3 is 6.09 Å². The van der Waals surface area contributed by atoms with Gasteiger partial charge in [-0.25, -0.2) is 9.78 Å². The molecule has 6 heteroatoms. The van der Waals surface area contributed by atoms with E-state index < -0.39 is 0 Å². The number of oxazole rings is 1. The number of ether oxygens (including phenoxy) is 1. The second kappa shape index (κ2) is 7.66. The van der Waals surface area contributed by atoms with Crippen LogP contribution in [0.2, 0.25) is 0 Å². The van der Waals surface area contributed by atoms with Crippen LogP contribution >= 0.6 is 11.8 Å². The highest BCUT2D eigenvalue weighted by Crippen LogP contribution is 2.35. The Morgan fingerprint density at radius 1 is 1.00 bits per heavy atom. The third-order valence-electron chi connectivity index (χ3n) is 4.12. The van der Waals surface area contributed by atoms with E-state index in [2.05, 4.69) is 0 Å². The Hall–Kier alpha value is -2.73. The molecule has 0 aliphatic carbocycles. The SMILES string of the molecule is O=C1OCCN1CCSc1nc(-c2ccccc2)c(-c2ccccc2)o1. The average molecular weight is 366 g/mol. The van der Waals surface area contributed by atoms with Gasteiger partial charge in [-0.2, -0.15) is 0 Å². The standard InChI is InChI=1S/C20H18N2O3S/c23-20-22(11-13-24-20)12-14-26-19-21-17(15-7-3-1-4-8-15)18(25-19)16-9-5-2-6-10-16/h1-10H,11-14H2. The Morgan fingerprint density at radius 3 is 2.35 bits per heavy atom. The van der Waals surface area contributed by atoms with Crippen molar-refractivity contribution < 1.29 is 13.9 Å². The van der Waals surface area contributed by atoms with Gasteiger partial charge in [-0.1, -0.05) is 72.4 Å². The normalized spacial score (nSPS) is 13.8. The van der Waals surface area contributed by atoms with Crippen molar-refractivity contribution in [3.8, 4) is 22.6 Å². The van der Waals surface area contributed by atoms with E-state index in [0.29, 0.717) is 30.7 Å². The first-order valence-corrected chi connectivity index (χ1v) is 9.46. The first kappa shape index (κ1) is 16.7. The molecule has 0 bridgehead atoms. The molecule has 1 amide bonds. The van der Waals surface area contributed by atoms with Gasteiger partial charge in [0, 0.05) is 23.4 Å². The topological polar surface area (TPSA) is 55.6 Å². The lowest BCUT2D eigenvalue weighted by molar-refractivity contribution is 0.160. The van der Waals surface area contributed by atoms with Crippen LogP contribution in [0.5, 0.6) is 0 Å². The Morgan fingerprint density at radius 2 is 1.69 bits per heavy atom. The van der Waals surface area contributed by atoms with E-state index in [0.717, 1.165) is 22.6 Å². The van der Waals surface area contributed by atoms with Gasteiger partial charge in [0.05, 0.1) is 6.54 Å². The summed E-state index contributed by atoms with van der Waals surface area (Å²) in [4.78, 5) is 17.9. The predicted molar refractivity (Wildman–Crippen MR) is 101 cm³/mol. The van der Waals surface area contributed by atoms with E-state index in [4.69, 9.17) is 14.1 Å². The van der Waals surface area contributed by atoms with Crippen molar-refractivity contribution in [2.75, 3.05) is 25.4 Å². The Bertz CT molecular complexity index is 824. The van der Waals surface area contributed by atoms with Gasteiger partial charge in [-0.15, -0.1) is 0 Å². The van der Waals surface area contributed by atoms with Crippen LogP contribution in [-0.4, -0.2) is 41.4 Å². The summed E-state index contributed by atoms with van der Waals surface area (Å²) in [5.41, 5.74) is 2.85. The van der Waals surface area contributed by atoms with Crippen LogP contribution in [0, 0.1) is 0 Å². The molecule has 0 N–H and O–H groups in total. The highest BCUT2D eigenvalue weighted by Gasteiger charge is 2.22. The second-order valence-corrected chi connectivity index (χ2v) is 6.89. The zero-order valence-electron chi connectivity index (χ0n) is 14.1. The number of rotatable bonds is 6. The van der Waals surface area contributed by atoms with E-state index in [9.17, 15) is 4.79 Å². The molecule has 2 heterocycles. The summed E-state index contributed by atoms with van der Waals surface area (Å²) in [6, 6.07) is 20.0. The molecule has 4 rings (SSSR count). The van der Waals surface area contributed by atoms with Crippen molar-refractivity contribution in [2.45, 2.75) is 5.22 Å². The maximum Gasteiger partial charge on any atom is 0.409 e. The number of benzene rings is 2. The summed E-state index contributed by atoms with van der Waals surface area (Å²) in [6.45, 7) is 1.74. The summed E-state index contributed by atoms with van der Waals surface area (Å²) in [5.74, 6) is 1.47. The number of nitrogens with zero attached hydrogens (tertiary/aromatic N) is 2. The molecule has 0 unspecified atom stereocenters. The van der Waals surface area contributed by atoms with E-state index in [1.807, 2.05) is 60.7 Å². The molecular formula is C20H18N2O3S. The molecule has 0 spiro atoms. The molecule has 1 aliphatic rings. The van der Waals surface area contributed by atoms with Crippen molar-refractivity contribution in [3.05, 3.63) is 60.7 Å². The van der Waals surface area contributed by atoms with E-state index in [1.165, 1.54) is 11.8 Å². The third-order valence-corrected chi connectivity index (χ3v) is 4.93. The molecule has 132 valence electrons. The minimum Gasteiger partial charge on any atom is -0.448 e. The summed E-state index contributed by atoms with van der Waals surface area (Å²) in [5, 5.41) is 0.607. The maximum absolute atomic E-state index is 11.5. The number of aromatic nitrogens is 1. The van der Waals surface area contributed by atoms with E-state index in [1.54, 1.807) is 4.90 Å². The lowest BCUT2D eigenvalue weighted by Gasteiger charge is -2.10. The maximum atomic E-state index is 11.5. The number of carbonyl (C=O) groups is 1. The van der Waals surface area contributed by atoms with Gasteiger partial charge in [-0.05, 0) is 0 Å². The van der Waals surface area contributed by atoms with Crippen LogP contribution in [0.1, 0.15) is 0 Å². The van der Waals surface area contributed by atoms with Gasteiger partial charge in [0.25, 0.3) is 5.22 Å². The number of amides is 1. The summed E-state index contributed by atoms with van der Waals surface area (Å²) < 4.78 is 11.0. The second-order valence-electron chi connectivity index (χ2n) is 5.84. The summed E-state index contributed by atoms with van der Waals surface area (Å²) >= 11 is 1.51.